The van der Waals surface area contributed by atoms with E-state index < -0.39 is 35.6 Å². The number of alkyl carbamates (subject to hydrolysis) is 1. The number of hydrogen-bond donors (Lipinski definition) is 3. The van der Waals surface area contributed by atoms with Gasteiger partial charge in [-0.05, 0) is 51.3 Å². The van der Waals surface area contributed by atoms with E-state index in [2.05, 4.69) is 16.7 Å². The van der Waals surface area contributed by atoms with Gasteiger partial charge in [-0.1, -0.05) is 63.1 Å². The number of aryl methyl sites for hydroxylation is 1. The molecule has 36 heavy (non-hydrogen) atoms. The minimum atomic E-state index is -1.37. The zero-order chi connectivity index (χ0) is 27.0. The smallest absolute Gasteiger partial charge is 0.408 e. The Hall–Kier alpha value is -3.99. The Bertz CT molecular complexity index is 1130. The average Bonchev–Trinajstić information content (AvgIpc) is 2.81. The van der Waals surface area contributed by atoms with Gasteiger partial charge in [-0.2, -0.15) is 0 Å². The summed E-state index contributed by atoms with van der Waals surface area (Å²) in [4.78, 5) is 40.8. The monoisotopic (exact) mass is 493 g/mol. The molecule has 192 valence electrons. The SMILES string of the molecule is C#CN(C(=O)C(NC(=O)OC(C)(C)C)C(C)CC)C(C(=O)Nc1ccccc1C)c1ccccc1O. The zero-order valence-electron chi connectivity index (χ0n) is 21.7. The molecule has 3 amide bonds. The summed E-state index contributed by atoms with van der Waals surface area (Å²) in [6.45, 7) is 10.6. The van der Waals surface area contributed by atoms with E-state index in [1.54, 1.807) is 52.0 Å². The van der Waals surface area contributed by atoms with E-state index in [1.165, 1.54) is 12.1 Å². The van der Waals surface area contributed by atoms with Crippen molar-refractivity contribution in [3.05, 3.63) is 59.7 Å². The number of benzene rings is 2. The Labute approximate surface area is 213 Å². The van der Waals surface area contributed by atoms with E-state index in [9.17, 15) is 19.5 Å². The lowest BCUT2D eigenvalue weighted by Gasteiger charge is -2.32. The largest absolute Gasteiger partial charge is 0.508 e. The van der Waals surface area contributed by atoms with Crippen molar-refractivity contribution in [2.75, 3.05) is 5.32 Å². The van der Waals surface area contributed by atoms with Gasteiger partial charge in [0.25, 0.3) is 11.8 Å². The number of terminal acetylenes is 1. The average molecular weight is 494 g/mol. The van der Waals surface area contributed by atoms with E-state index in [4.69, 9.17) is 11.2 Å². The molecule has 8 heteroatoms. The summed E-state index contributed by atoms with van der Waals surface area (Å²) in [5, 5.41) is 16.0. The first kappa shape index (κ1) is 28.2. The van der Waals surface area contributed by atoms with Crippen LogP contribution in [0.1, 0.15) is 58.2 Å². The fourth-order valence-corrected chi connectivity index (χ4v) is 3.56. The topological polar surface area (TPSA) is 108 Å². The summed E-state index contributed by atoms with van der Waals surface area (Å²) in [6, 6.07) is 13.2. The van der Waals surface area contributed by atoms with Crippen molar-refractivity contribution in [2.24, 2.45) is 5.92 Å². The van der Waals surface area contributed by atoms with Crippen molar-refractivity contribution in [1.82, 2.24) is 10.2 Å². The molecule has 0 aromatic heterocycles. The summed E-state index contributed by atoms with van der Waals surface area (Å²) in [7, 11) is 0. The van der Waals surface area contributed by atoms with Crippen molar-refractivity contribution in [3.63, 3.8) is 0 Å². The van der Waals surface area contributed by atoms with Gasteiger partial charge in [-0.15, -0.1) is 0 Å². The number of rotatable bonds is 8. The Balaban J connectivity index is 2.50. The number of phenolic OH excluding ortho intramolecular Hbond substituents is 1. The number of nitrogens with one attached hydrogen (secondary N) is 2. The second kappa shape index (κ2) is 12.1. The van der Waals surface area contributed by atoms with Crippen LogP contribution in [-0.2, 0) is 14.3 Å². The van der Waals surface area contributed by atoms with Gasteiger partial charge in [-0.3, -0.25) is 14.5 Å². The van der Waals surface area contributed by atoms with Gasteiger partial charge in [0.1, 0.15) is 17.4 Å². The molecule has 0 spiro atoms. The Morgan fingerprint density at radius 2 is 1.72 bits per heavy atom. The molecule has 2 aromatic carbocycles. The Kier molecular flexibility index (Phi) is 9.51. The van der Waals surface area contributed by atoms with Crippen molar-refractivity contribution < 1.29 is 24.2 Å². The van der Waals surface area contributed by atoms with Crippen LogP contribution in [0, 0.1) is 25.3 Å². The number of nitrogens with zero attached hydrogens (tertiary/aromatic N) is 1. The van der Waals surface area contributed by atoms with E-state index >= 15 is 0 Å². The molecule has 8 nitrogen and oxygen atoms in total. The van der Waals surface area contributed by atoms with Gasteiger partial charge >= 0.3 is 6.09 Å². The van der Waals surface area contributed by atoms with Gasteiger partial charge in [0.2, 0.25) is 0 Å². The number of aromatic hydroxyl groups is 1. The molecular weight excluding hydrogens is 458 g/mol. The summed E-state index contributed by atoms with van der Waals surface area (Å²) in [5.74, 6) is -1.82. The lowest BCUT2D eigenvalue weighted by atomic mass is 9.96. The van der Waals surface area contributed by atoms with Gasteiger partial charge in [0.15, 0.2) is 6.04 Å². The fourth-order valence-electron chi connectivity index (χ4n) is 3.56. The van der Waals surface area contributed by atoms with Gasteiger partial charge in [0.05, 0.1) is 0 Å². The molecule has 0 aliphatic rings. The van der Waals surface area contributed by atoms with Crippen LogP contribution in [-0.4, -0.2) is 39.6 Å². The molecule has 2 aromatic rings. The first-order valence-corrected chi connectivity index (χ1v) is 11.8. The maximum absolute atomic E-state index is 13.8. The normalized spacial score (nSPS) is 13.5. The number of anilines is 1. The molecule has 0 aliphatic heterocycles. The third-order valence-electron chi connectivity index (χ3n) is 5.67. The number of hydrogen-bond acceptors (Lipinski definition) is 5. The van der Waals surface area contributed by atoms with Crippen molar-refractivity contribution >= 4 is 23.6 Å². The molecular formula is C28H35N3O5. The molecule has 0 bridgehead atoms. The molecule has 0 fully saturated rings. The standard InChI is InChI=1S/C28H35N3O5/c1-8-18(3)23(30-27(35)36-28(5,6)7)26(34)31(9-2)24(20-15-11-13-17-22(20)32)25(33)29-21-16-12-10-14-19(21)4/h2,10-18,23-24,32H,8H2,1,3-7H3,(H,29,33)(H,30,35). The van der Waals surface area contributed by atoms with Crippen LogP contribution < -0.4 is 10.6 Å². The van der Waals surface area contributed by atoms with Crippen LogP contribution in [0.15, 0.2) is 48.5 Å². The molecule has 3 unspecified atom stereocenters. The molecule has 0 saturated carbocycles. The lowest BCUT2D eigenvalue weighted by molar-refractivity contribution is -0.137. The molecule has 0 aliphatic carbocycles. The second-order valence-corrected chi connectivity index (χ2v) is 9.61. The van der Waals surface area contributed by atoms with Gasteiger partial charge < -0.3 is 20.5 Å². The predicted molar refractivity (Wildman–Crippen MR) is 139 cm³/mol. The molecule has 0 saturated heterocycles. The van der Waals surface area contributed by atoms with E-state index in [1.807, 2.05) is 26.0 Å². The van der Waals surface area contributed by atoms with Crippen LogP contribution >= 0.6 is 0 Å². The van der Waals surface area contributed by atoms with E-state index in [0.29, 0.717) is 12.1 Å². The minimum Gasteiger partial charge on any atom is -0.508 e. The first-order valence-electron chi connectivity index (χ1n) is 11.8. The van der Waals surface area contributed by atoms with Crippen molar-refractivity contribution in [1.29, 1.82) is 0 Å². The third-order valence-corrected chi connectivity index (χ3v) is 5.67. The molecule has 3 atom stereocenters. The van der Waals surface area contributed by atoms with E-state index in [0.717, 1.165) is 10.5 Å². The molecule has 2 rings (SSSR count). The first-order chi connectivity index (χ1) is 16.9. The third kappa shape index (κ3) is 7.25. The number of amides is 3. The maximum Gasteiger partial charge on any atom is 0.408 e. The highest BCUT2D eigenvalue weighted by Gasteiger charge is 2.38. The molecule has 3 N–H and O–H groups in total. The Morgan fingerprint density at radius 3 is 2.28 bits per heavy atom. The zero-order valence-corrected chi connectivity index (χ0v) is 21.7. The maximum atomic E-state index is 13.8. The van der Waals surface area contributed by atoms with Crippen LogP contribution in [0.5, 0.6) is 5.75 Å². The summed E-state index contributed by atoms with van der Waals surface area (Å²) >= 11 is 0. The fraction of sp³-hybridized carbons (Fsp3) is 0.393. The van der Waals surface area contributed by atoms with Gasteiger partial charge in [0, 0.05) is 17.3 Å². The molecule has 0 radical (unpaired) electrons. The quantitative estimate of drug-likeness (QED) is 0.364. The number of phenols is 1. The number of para-hydroxylation sites is 2. The highest BCUT2D eigenvalue weighted by molar-refractivity contribution is 6.00. The van der Waals surface area contributed by atoms with Crippen LogP contribution in [0.3, 0.4) is 0 Å². The van der Waals surface area contributed by atoms with E-state index in [-0.39, 0.29) is 17.2 Å². The van der Waals surface area contributed by atoms with Crippen LogP contribution in [0.4, 0.5) is 10.5 Å². The number of ether oxygens (including phenoxy) is 1. The lowest BCUT2D eigenvalue weighted by Crippen LogP contribution is -2.53. The summed E-state index contributed by atoms with van der Waals surface area (Å²) in [6.07, 6.45) is 5.55. The minimum absolute atomic E-state index is 0.148. The molecule has 0 heterocycles. The summed E-state index contributed by atoms with van der Waals surface area (Å²) < 4.78 is 5.34. The number of carbonyl (C=O) groups is 3. The number of carbonyl (C=O) groups excluding carboxylic acids is 3. The van der Waals surface area contributed by atoms with Crippen LogP contribution in [0.2, 0.25) is 0 Å². The second-order valence-electron chi connectivity index (χ2n) is 9.61. The highest BCUT2D eigenvalue weighted by atomic mass is 16.6. The predicted octanol–water partition coefficient (Wildman–Crippen LogP) is 4.74. The Morgan fingerprint density at radius 1 is 1.11 bits per heavy atom. The van der Waals surface area contributed by atoms with Crippen molar-refractivity contribution in [3.8, 4) is 18.2 Å². The van der Waals surface area contributed by atoms with Crippen molar-refractivity contribution in [2.45, 2.75) is 65.6 Å². The summed E-state index contributed by atoms with van der Waals surface area (Å²) in [5.41, 5.74) is 0.724. The highest BCUT2D eigenvalue weighted by Crippen LogP contribution is 2.31. The van der Waals surface area contributed by atoms with Crippen LogP contribution in [0.25, 0.3) is 0 Å². The van der Waals surface area contributed by atoms with Gasteiger partial charge in [-0.25, -0.2) is 4.79 Å².